The lowest BCUT2D eigenvalue weighted by molar-refractivity contribution is 0.119. The Kier molecular flexibility index (Phi) is 8.81. The number of aromatic nitrogens is 1. The zero-order valence-corrected chi connectivity index (χ0v) is 17.8. The molecule has 0 aromatic carbocycles. The average molecular weight is 382 g/mol. The Morgan fingerprint density at radius 2 is 2.23 bits per heavy atom. The van der Waals surface area contributed by atoms with Crippen LogP contribution in [-0.4, -0.2) is 68.1 Å². The molecule has 1 aliphatic heterocycles. The molecular weight excluding hydrogens is 346 g/mol. The van der Waals surface area contributed by atoms with E-state index in [1.165, 1.54) is 32.5 Å². The summed E-state index contributed by atoms with van der Waals surface area (Å²) in [4.78, 5) is 13.8. The van der Waals surface area contributed by atoms with Gasteiger partial charge in [0.2, 0.25) is 0 Å². The largest absolute Gasteiger partial charge is 0.375 e. The van der Waals surface area contributed by atoms with E-state index in [2.05, 4.69) is 44.4 Å². The van der Waals surface area contributed by atoms with Crippen LogP contribution in [0.2, 0.25) is 0 Å². The van der Waals surface area contributed by atoms with E-state index in [0.717, 1.165) is 42.1 Å². The summed E-state index contributed by atoms with van der Waals surface area (Å²) in [6.07, 6.45) is 3.88. The van der Waals surface area contributed by atoms with E-state index in [-0.39, 0.29) is 6.10 Å². The number of nitrogens with zero attached hydrogens (tertiary/aromatic N) is 4. The molecule has 2 heterocycles. The van der Waals surface area contributed by atoms with E-state index in [0.29, 0.717) is 0 Å². The number of likely N-dealkylation sites (tertiary alicyclic amines) is 1. The van der Waals surface area contributed by atoms with Gasteiger partial charge in [0, 0.05) is 33.1 Å². The van der Waals surface area contributed by atoms with Gasteiger partial charge in [-0.2, -0.15) is 0 Å². The first-order valence-corrected chi connectivity index (χ1v) is 10.5. The molecule has 1 saturated heterocycles. The monoisotopic (exact) mass is 381 g/mol. The Morgan fingerprint density at radius 1 is 1.50 bits per heavy atom. The van der Waals surface area contributed by atoms with Crippen LogP contribution >= 0.6 is 11.3 Å². The first-order chi connectivity index (χ1) is 12.5. The third kappa shape index (κ3) is 6.52. The topological polar surface area (TPSA) is 53.0 Å². The predicted octanol–water partition coefficient (Wildman–Crippen LogP) is 2.98. The SMILES string of the molecule is CN=C(NCCCN1CCC(C)CC1)N(C)Cc1csc(C(C)OC)n1. The van der Waals surface area contributed by atoms with Gasteiger partial charge in [-0.1, -0.05) is 6.92 Å². The Hall–Kier alpha value is -1.18. The van der Waals surface area contributed by atoms with E-state index in [9.17, 15) is 0 Å². The lowest BCUT2D eigenvalue weighted by atomic mass is 9.99. The van der Waals surface area contributed by atoms with Crippen molar-refractivity contribution in [3.05, 3.63) is 16.1 Å². The van der Waals surface area contributed by atoms with Crippen molar-refractivity contribution in [1.29, 1.82) is 0 Å². The van der Waals surface area contributed by atoms with Crippen molar-refractivity contribution in [3.63, 3.8) is 0 Å². The van der Waals surface area contributed by atoms with Gasteiger partial charge < -0.3 is 19.9 Å². The number of thiazole rings is 1. The molecule has 1 unspecified atom stereocenters. The molecule has 0 spiro atoms. The molecule has 26 heavy (non-hydrogen) atoms. The second-order valence-electron chi connectivity index (χ2n) is 7.26. The van der Waals surface area contributed by atoms with E-state index in [1.807, 2.05) is 14.0 Å². The van der Waals surface area contributed by atoms with Gasteiger partial charge in [-0.05, 0) is 51.7 Å². The van der Waals surface area contributed by atoms with Crippen LogP contribution < -0.4 is 5.32 Å². The Morgan fingerprint density at radius 3 is 2.88 bits per heavy atom. The smallest absolute Gasteiger partial charge is 0.193 e. The lowest BCUT2D eigenvalue weighted by Crippen LogP contribution is -2.40. The second-order valence-corrected chi connectivity index (χ2v) is 8.15. The zero-order valence-electron chi connectivity index (χ0n) is 17.0. The molecule has 1 aromatic heterocycles. The molecule has 0 amide bonds. The van der Waals surface area contributed by atoms with Gasteiger partial charge >= 0.3 is 0 Å². The summed E-state index contributed by atoms with van der Waals surface area (Å²) in [5, 5.41) is 6.60. The molecule has 1 aromatic rings. The molecule has 148 valence electrons. The van der Waals surface area contributed by atoms with Crippen molar-refractivity contribution >= 4 is 17.3 Å². The van der Waals surface area contributed by atoms with Gasteiger partial charge in [0.05, 0.1) is 12.2 Å². The van der Waals surface area contributed by atoms with Crippen LogP contribution in [-0.2, 0) is 11.3 Å². The van der Waals surface area contributed by atoms with E-state index < -0.39 is 0 Å². The number of methoxy groups -OCH3 is 1. The minimum absolute atomic E-state index is 0.0502. The highest BCUT2D eigenvalue weighted by atomic mass is 32.1. The molecule has 1 atom stereocenters. The van der Waals surface area contributed by atoms with Gasteiger partial charge in [-0.3, -0.25) is 4.99 Å². The number of nitrogens with one attached hydrogen (secondary N) is 1. The summed E-state index contributed by atoms with van der Waals surface area (Å²) in [6, 6.07) is 0. The average Bonchev–Trinajstić information content (AvgIpc) is 3.11. The van der Waals surface area contributed by atoms with Crippen LogP contribution in [0.5, 0.6) is 0 Å². The molecule has 0 aliphatic carbocycles. The van der Waals surface area contributed by atoms with Crippen molar-refractivity contribution in [2.45, 2.75) is 45.8 Å². The second kappa shape index (κ2) is 10.8. The molecule has 1 fully saturated rings. The van der Waals surface area contributed by atoms with Crippen molar-refractivity contribution in [1.82, 2.24) is 20.1 Å². The molecule has 2 rings (SSSR count). The standard InChI is InChI=1S/C19H35N5OS/c1-15-7-11-24(12-8-15)10-6-9-21-19(20-3)23(4)13-17-14-26-18(22-17)16(2)25-5/h14-16H,6-13H2,1-5H3,(H,20,21). The van der Waals surface area contributed by atoms with Crippen molar-refractivity contribution < 1.29 is 4.74 Å². The molecule has 1 N–H and O–H groups in total. The number of piperidine rings is 1. The third-order valence-electron chi connectivity index (χ3n) is 5.05. The molecule has 0 saturated carbocycles. The fourth-order valence-corrected chi connectivity index (χ4v) is 4.02. The Labute approximate surface area is 162 Å². The zero-order chi connectivity index (χ0) is 18.9. The number of hydrogen-bond acceptors (Lipinski definition) is 5. The van der Waals surface area contributed by atoms with Gasteiger partial charge in [0.15, 0.2) is 5.96 Å². The predicted molar refractivity (Wildman–Crippen MR) is 110 cm³/mol. The summed E-state index contributed by atoms with van der Waals surface area (Å²) < 4.78 is 5.34. The highest BCUT2D eigenvalue weighted by molar-refractivity contribution is 7.09. The van der Waals surface area contributed by atoms with Crippen LogP contribution in [0.1, 0.15) is 49.9 Å². The van der Waals surface area contributed by atoms with Crippen LogP contribution in [0.4, 0.5) is 0 Å². The van der Waals surface area contributed by atoms with Crippen LogP contribution in [0.15, 0.2) is 10.4 Å². The lowest BCUT2D eigenvalue weighted by Gasteiger charge is -2.30. The quantitative estimate of drug-likeness (QED) is 0.426. The van der Waals surface area contributed by atoms with Gasteiger partial charge in [-0.15, -0.1) is 11.3 Å². The maximum absolute atomic E-state index is 5.34. The Balaban J connectivity index is 1.71. The van der Waals surface area contributed by atoms with E-state index in [1.54, 1.807) is 18.4 Å². The van der Waals surface area contributed by atoms with Crippen molar-refractivity contribution in [2.75, 3.05) is 47.4 Å². The molecular formula is C19H35N5OS. The molecule has 0 radical (unpaired) electrons. The normalized spacial score (nSPS) is 18.1. The summed E-state index contributed by atoms with van der Waals surface area (Å²) in [5.74, 6) is 1.82. The highest BCUT2D eigenvalue weighted by Gasteiger charge is 2.15. The number of aliphatic imine (C=N–C) groups is 1. The van der Waals surface area contributed by atoms with E-state index >= 15 is 0 Å². The minimum atomic E-state index is 0.0502. The summed E-state index contributed by atoms with van der Waals surface area (Å²) >= 11 is 1.65. The highest BCUT2D eigenvalue weighted by Crippen LogP contribution is 2.21. The summed E-state index contributed by atoms with van der Waals surface area (Å²) in [6.45, 7) is 9.76. The summed E-state index contributed by atoms with van der Waals surface area (Å²) in [7, 11) is 5.61. The van der Waals surface area contributed by atoms with Gasteiger partial charge in [-0.25, -0.2) is 4.98 Å². The Bertz CT molecular complexity index is 554. The molecule has 7 heteroatoms. The molecule has 0 bridgehead atoms. The van der Waals surface area contributed by atoms with Crippen LogP contribution in [0, 0.1) is 5.92 Å². The van der Waals surface area contributed by atoms with Crippen molar-refractivity contribution in [2.24, 2.45) is 10.9 Å². The molecule has 6 nitrogen and oxygen atoms in total. The fourth-order valence-electron chi connectivity index (χ4n) is 3.17. The third-order valence-corrected chi connectivity index (χ3v) is 6.11. The summed E-state index contributed by atoms with van der Waals surface area (Å²) in [5.41, 5.74) is 1.06. The number of guanidine groups is 1. The van der Waals surface area contributed by atoms with E-state index in [4.69, 9.17) is 4.74 Å². The number of hydrogen-bond donors (Lipinski definition) is 1. The fraction of sp³-hybridized carbons (Fsp3) is 0.789. The minimum Gasteiger partial charge on any atom is -0.375 e. The first-order valence-electron chi connectivity index (χ1n) is 9.64. The maximum Gasteiger partial charge on any atom is 0.193 e. The maximum atomic E-state index is 5.34. The molecule has 1 aliphatic rings. The number of ether oxygens (including phenoxy) is 1. The first kappa shape index (κ1) is 21.1. The van der Waals surface area contributed by atoms with Crippen LogP contribution in [0.25, 0.3) is 0 Å². The van der Waals surface area contributed by atoms with Gasteiger partial charge in [0.25, 0.3) is 0 Å². The van der Waals surface area contributed by atoms with Gasteiger partial charge in [0.1, 0.15) is 11.1 Å². The van der Waals surface area contributed by atoms with Crippen LogP contribution in [0.3, 0.4) is 0 Å². The van der Waals surface area contributed by atoms with Crippen molar-refractivity contribution in [3.8, 4) is 0 Å². The number of rotatable bonds is 8.